The molecule has 3 aliphatic heterocycles. The molecule has 0 spiro atoms. The van der Waals surface area contributed by atoms with Gasteiger partial charge in [0.2, 0.25) is 10.0 Å². The summed E-state index contributed by atoms with van der Waals surface area (Å²) >= 11 is 4.95. The zero-order valence-electron chi connectivity index (χ0n) is 36.5. The van der Waals surface area contributed by atoms with E-state index in [9.17, 15) is 30.8 Å². The fourth-order valence-corrected chi connectivity index (χ4v) is 9.98. The van der Waals surface area contributed by atoms with Gasteiger partial charge in [-0.3, -0.25) is 9.80 Å². The van der Waals surface area contributed by atoms with Crippen LogP contribution in [0.4, 0.5) is 43.8 Å². The number of primary sulfonamides is 1. The normalized spacial score (nSPS) is 21.4. The van der Waals surface area contributed by atoms with E-state index >= 15 is 4.39 Å². The number of urea groups is 1. The maximum absolute atomic E-state index is 15.0. The molecule has 1 unspecified atom stereocenters. The van der Waals surface area contributed by atoms with Gasteiger partial charge in [-0.1, -0.05) is 6.07 Å². The summed E-state index contributed by atoms with van der Waals surface area (Å²) in [5.74, 6) is -0.908. The van der Waals surface area contributed by atoms with Crippen LogP contribution >= 0.6 is 12.6 Å². The van der Waals surface area contributed by atoms with Gasteiger partial charge in [0.25, 0.3) is 0 Å². The minimum Gasteiger partial charge on any atom is -0.488 e. The summed E-state index contributed by atoms with van der Waals surface area (Å²) in [6.45, 7) is 6.18. The van der Waals surface area contributed by atoms with Crippen LogP contribution in [0.25, 0.3) is 5.69 Å². The van der Waals surface area contributed by atoms with Gasteiger partial charge in [0.1, 0.15) is 47.1 Å². The number of carbonyl (C=O) groups excluding carboxylic acids is 1. The van der Waals surface area contributed by atoms with Gasteiger partial charge >= 0.3 is 12.2 Å². The molecule has 3 saturated heterocycles. The molecule has 16 nitrogen and oxygen atoms in total. The third-order valence-corrected chi connectivity index (χ3v) is 13.6. The Balaban J connectivity index is 0.831. The number of sulfonamides is 1. The van der Waals surface area contributed by atoms with Gasteiger partial charge in [0.15, 0.2) is 12.0 Å². The van der Waals surface area contributed by atoms with E-state index in [4.69, 9.17) is 32.0 Å². The summed E-state index contributed by atoms with van der Waals surface area (Å²) < 4.78 is 116. The molecule has 0 bridgehead atoms. The molecule has 4 aromatic carbocycles. The Morgan fingerprint density at radius 2 is 1.50 bits per heavy atom. The van der Waals surface area contributed by atoms with Crippen molar-refractivity contribution < 1.29 is 49.4 Å². The van der Waals surface area contributed by atoms with Crippen molar-refractivity contribution in [3.05, 3.63) is 138 Å². The highest BCUT2D eigenvalue weighted by molar-refractivity contribution is 7.89. The second-order valence-electron chi connectivity index (χ2n) is 16.9. The number of rotatable bonds is 13. The van der Waals surface area contributed by atoms with E-state index in [1.807, 2.05) is 36.4 Å². The summed E-state index contributed by atoms with van der Waals surface area (Å²) in [6, 6.07) is 23.1. The average molecular weight is 981 g/mol. The van der Waals surface area contributed by atoms with Crippen molar-refractivity contribution in [1.29, 1.82) is 0 Å². The van der Waals surface area contributed by atoms with Crippen LogP contribution in [0.3, 0.4) is 0 Å². The Hall–Kier alpha value is -6.27. The van der Waals surface area contributed by atoms with E-state index < -0.39 is 62.4 Å². The zero-order valence-corrected chi connectivity index (χ0v) is 38.2. The van der Waals surface area contributed by atoms with Crippen LogP contribution in [-0.2, 0) is 42.7 Å². The molecule has 5 heterocycles. The number of carbonyl (C=O) groups is 1. The summed E-state index contributed by atoms with van der Waals surface area (Å²) in [5, 5.41) is 13.2. The largest absolute Gasteiger partial charge is 0.488 e. The molecule has 2 N–H and O–H groups in total. The zero-order chi connectivity index (χ0) is 48.2. The Bertz CT molecular complexity index is 2880. The number of aromatic nitrogens is 5. The van der Waals surface area contributed by atoms with E-state index in [1.165, 1.54) is 63.5 Å². The van der Waals surface area contributed by atoms with E-state index in [2.05, 4.69) is 25.0 Å². The Kier molecular flexibility index (Phi) is 12.4. The van der Waals surface area contributed by atoms with E-state index in [1.54, 1.807) is 26.0 Å². The maximum Gasteiger partial charge on any atom is 0.435 e. The average Bonchev–Trinajstić information content (AvgIpc) is 4.13. The molecule has 3 atom stereocenters. The SMILES string of the molecule is CC(C)N1C(=O)N(c2ccc(N3CCN(c4ccc(OC[C@H]5OC[C@](Cn6cncn6)(c6ccc(F)cc6F)O5)cc4)CC3)cc2)CC1(S)c1cc(C(F)(F)F)nn1-c1ccc(S(N)(=O)=O)cc1. The summed E-state index contributed by atoms with van der Waals surface area (Å²) in [7, 11) is -4.08. The Labute approximate surface area is 393 Å². The standard InChI is InChI=1S/C45H45F5N10O6S2/c1-29(2)59-42(61)58(25-44(59,67)40-22-39(45(48,49)50)54-60(40)34-10-14-36(15-11-34)68(51,62)63)33-6-4-31(5-7-33)55-17-19-56(20-18-55)32-8-12-35(13-9-32)64-23-41-65-26-43(66-41,24-57-28-52-27-53-57)37-16-3-30(46)21-38(37)47/h3-16,21-22,27-29,41,67H,17-20,23-26H2,1-2H3,(H2,51,62,63)/t41-,43+,44?/m0/s1. The lowest BCUT2D eigenvalue weighted by Crippen LogP contribution is -2.46. The second-order valence-corrected chi connectivity index (χ2v) is 19.2. The van der Waals surface area contributed by atoms with Crippen molar-refractivity contribution in [2.24, 2.45) is 5.14 Å². The van der Waals surface area contributed by atoms with Crippen LogP contribution in [0, 0.1) is 11.6 Å². The molecule has 358 valence electrons. The minimum atomic E-state index is -4.84. The van der Waals surface area contributed by atoms with Crippen LogP contribution in [0.15, 0.2) is 115 Å². The summed E-state index contributed by atoms with van der Waals surface area (Å²) in [4.78, 5) is 23.6. The number of halogens is 5. The number of nitrogens with two attached hydrogens (primary N) is 1. The number of piperazine rings is 1. The monoisotopic (exact) mass is 980 g/mol. The highest BCUT2D eigenvalue weighted by atomic mass is 32.2. The third-order valence-electron chi connectivity index (χ3n) is 12.1. The van der Waals surface area contributed by atoms with Crippen molar-refractivity contribution in [1.82, 2.24) is 29.4 Å². The molecule has 2 aromatic heterocycles. The number of amides is 2. The first kappa shape index (κ1) is 46.8. The van der Waals surface area contributed by atoms with Gasteiger partial charge < -0.3 is 24.0 Å². The van der Waals surface area contributed by atoms with Gasteiger partial charge in [-0.15, -0.1) is 12.6 Å². The van der Waals surface area contributed by atoms with Crippen LogP contribution in [-0.4, -0.2) is 102 Å². The van der Waals surface area contributed by atoms with Gasteiger partial charge in [0.05, 0.1) is 36.0 Å². The topological polar surface area (TPSA) is 166 Å². The van der Waals surface area contributed by atoms with Gasteiger partial charge in [-0.05, 0) is 98.8 Å². The number of hydrogen-bond acceptors (Lipinski definition) is 12. The predicted octanol–water partition coefficient (Wildman–Crippen LogP) is 6.52. The molecule has 23 heteroatoms. The van der Waals surface area contributed by atoms with Crippen LogP contribution in [0.1, 0.15) is 30.8 Å². The lowest BCUT2D eigenvalue weighted by atomic mass is 9.94. The lowest BCUT2D eigenvalue weighted by molar-refractivity contribution is -0.141. The number of nitrogens with zero attached hydrogens (tertiary/aromatic N) is 9. The van der Waals surface area contributed by atoms with Crippen LogP contribution < -0.4 is 24.6 Å². The molecule has 68 heavy (non-hydrogen) atoms. The van der Waals surface area contributed by atoms with Gasteiger partial charge in [-0.2, -0.15) is 23.4 Å². The first-order chi connectivity index (χ1) is 32.3. The third kappa shape index (κ3) is 9.19. The van der Waals surface area contributed by atoms with Crippen LogP contribution in [0.2, 0.25) is 0 Å². The van der Waals surface area contributed by atoms with Crippen LogP contribution in [0.5, 0.6) is 5.75 Å². The molecule has 3 aliphatic rings. The highest BCUT2D eigenvalue weighted by Crippen LogP contribution is 2.45. The predicted molar refractivity (Wildman–Crippen MR) is 242 cm³/mol. The molecule has 6 aromatic rings. The molecule has 3 fully saturated rings. The fraction of sp³-hybridized carbons (Fsp3) is 0.333. The summed E-state index contributed by atoms with van der Waals surface area (Å²) in [6.07, 6.45) is -2.86. The van der Waals surface area contributed by atoms with Crippen molar-refractivity contribution in [3.63, 3.8) is 0 Å². The quantitative estimate of drug-likeness (QED) is 0.0957. The number of thiol groups is 1. The van der Waals surface area contributed by atoms with Gasteiger partial charge in [0, 0.05) is 60.9 Å². The molecule has 0 saturated carbocycles. The summed E-state index contributed by atoms with van der Waals surface area (Å²) in [5.41, 5.74) is 0.106. The van der Waals surface area contributed by atoms with Crippen molar-refractivity contribution in [2.75, 3.05) is 60.6 Å². The van der Waals surface area contributed by atoms with Crippen molar-refractivity contribution in [3.8, 4) is 11.4 Å². The van der Waals surface area contributed by atoms with E-state index in [0.29, 0.717) is 37.6 Å². The molecule has 9 rings (SSSR count). The maximum atomic E-state index is 15.0. The number of ether oxygens (including phenoxy) is 3. The number of benzene rings is 4. The highest BCUT2D eigenvalue weighted by Gasteiger charge is 2.53. The van der Waals surface area contributed by atoms with E-state index in [-0.39, 0.29) is 48.1 Å². The fourth-order valence-electron chi connectivity index (χ4n) is 8.84. The number of hydrogen-bond donors (Lipinski definition) is 2. The lowest BCUT2D eigenvalue weighted by Gasteiger charge is -2.37. The first-order valence-corrected chi connectivity index (χ1v) is 23.4. The van der Waals surface area contributed by atoms with Crippen molar-refractivity contribution >= 4 is 45.7 Å². The smallest absolute Gasteiger partial charge is 0.435 e. The molecular weight excluding hydrogens is 936 g/mol. The number of anilines is 3. The van der Waals surface area contributed by atoms with E-state index in [0.717, 1.165) is 28.2 Å². The molecule has 2 amide bonds. The second kappa shape index (κ2) is 18.0. The molecule has 0 radical (unpaired) electrons. The van der Waals surface area contributed by atoms with Gasteiger partial charge in [-0.25, -0.2) is 41.5 Å². The molecule has 0 aliphatic carbocycles. The Morgan fingerprint density at radius 1 is 0.882 bits per heavy atom. The Morgan fingerprint density at radius 3 is 2.07 bits per heavy atom. The minimum absolute atomic E-state index is 0.00669. The molecular formula is C45H45F5N10O6S2. The number of alkyl halides is 3. The van der Waals surface area contributed by atoms with Crippen molar-refractivity contribution in [2.45, 2.75) is 54.3 Å². The first-order valence-electron chi connectivity index (χ1n) is 21.4.